The predicted octanol–water partition coefficient (Wildman–Crippen LogP) is 1.75. The maximum atomic E-state index is 11.1. The quantitative estimate of drug-likeness (QED) is 0.511. The summed E-state index contributed by atoms with van der Waals surface area (Å²) in [5, 5.41) is 3.21. The lowest BCUT2D eigenvalue weighted by atomic mass is 10.2. The number of benzene rings is 1. The molecule has 0 aliphatic rings. The van der Waals surface area contributed by atoms with Crippen LogP contribution in [0.1, 0.15) is 5.56 Å². The van der Waals surface area contributed by atoms with E-state index >= 15 is 0 Å². The molecule has 0 bridgehead atoms. The Morgan fingerprint density at radius 3 is 2.73 bits per heavy atom. The lowest BCUT2D eigenvalue weighted by Gasteiger charge is -2.08. The summed E-state index contributed by atoms with van der Waals surface area (Å²) < 4.78 is 4.50. The van der Waals surface area contributed by atoms with Gasteiger partial charge in [-0.25, -0.2) is 0 Å². The average Bonchev–Trinajstić information content (AvgIpc) is 2.29. The van der Waals surface area contributed by atoms with Crippen molar-refractivity contribution >= 4 is 28.6 Å². The molecule has 0 aliphatic carbocycles. The van der Waals surface area contributed by atoms with E-state index < -0.39 is 0 Å². The number of methoxy groups -OCH3 is 1. The number of nitrogens with one attached hydrogen (secondary N) is 1. The maximum absolute atomic E-state index is 11.1. The second-order valence-electron chi connectivity index (χ2n) is 3.11. The topological polar surface area (TPSA) is 38.3 Å². The number of alkyl halides is 1. The van der Waals surface area contributed by atoms with E-state index in [-0.39, 0.29) is 9.89 Å². The van der Waals surface area contributed by atoms with Gasteiger partial charge in [0.15, 0.2) is 0 Å². The van der Waals surface area contributed by atoms with Crippen LogP contribution in [0, 0.1) is 0 Å². The summed E-state index contributed by atoms with van der Waals surface area (Å²) in [6, 6.07) is 10.1. The zero-order valence-electron chi connectivity index (χ0n) is 8.57. The highest BCUT2D eigenvalue weighted by Crippen LogP contribution is 2.02. The van der Waals surface area contributed by atoms with Gasteiger partial charge >= 0.3 is 5.97 Å². The zero-order chi connectivity index (χ0) is 11.1. The van der Waals surface area contributed by atoms with Crippen molar-refractivity contribution in [2.24, 2.45) is 0 Å². The minimum Gasteiger partial charge on any atom is -0.468 e. The number of halogens is 1. The molecule has 1 aromatic carbocycles. The number of esters is 1. The van der Waals surface area contributed by atoms with Crippen molar-refractivity contribution in [3.05, 3.63) is 35.9 Å². The van der Waals surface area contributed by atoms with Crippen LogP contribution in [0.25, 0.3) is 0 Å². The molecule has 1 aromatic rings. The number of ether oxygens (including phenoxy) is 1. The van der Waals surface area contributed by atoms with Crippen LogP contribution in [0.15, 0.2) is 30.3 Å². The molecule has 82 valence electrons. The minimum absolute atomic E-state index is 0.128. The third-order valence-electron chi connectivity index (χ3n) is 1.95. The van der Waals surface area contributed by atoms with E-state index in [1.54, 1.807) is 0 Å². The van der Waals surface area contributed by atoms with Gasteiger partial charge in [0.25, 0.3) is 0 Å². The molecule has 4 heteroatoms. The lowest BCUT2D eigenvalue weighted by molar-refractivity contribution is -0.139. The van der Waals surface area contributed by atoms with Crippen molar-refractivity contribution < 1.29 is 9.53 Å². The zero-order valence-corrected chi connectivity index (χ0v) is 10.7. The Bertz CT molecular complexity index is 303. The molecule has 1 N–H and O–H groups in total. The van der Waals surface area contributed by atoms with Gasteiger partial charge in [-0.05, 0) is 5.56 Å². The second kappa shape index (κ2) is 6.79. The second-order valence-corrected chi connectivity index (χ2v) is 4.61. The van der Waals surface area contributed by atoms with E-state index in [2.05, 4.69) is 32.6 Å². The number of carbonyl (C=O) groups excluding carboxylic acids is 1. The van der Waals surface area contributed by atoms with Crippen LogP contribution >= 0.6 is 22.6 Å². The molecule has 0 amide bonds. The number of hydrogen-bond acceptors (Lipinski definition) is 3. The van der Waals surface area contributed by atoms with Gasteiger partial charge in [0.1, 0.15) is 3.92 Å². The Morgan fingerprint density at radius 2 is 2.13 bits per heavy atom. The molecule has 1 atom stereocenters. The molecular weight excluding hydrogens is 305 g/mol. The molecular formula is C11H14INO2. The summed E-state index contributed by atoms with van der Waals surface area (Å²) in [4.78, 5) is 11.1. The molecule has 0 spiro atoms. The van der Waals surface area contributed by atoms with E-state index in [0.717, 1.165) is 6.54 Å². The predicted molar refractivity (Wildman–Crippen MR) is 68.0 cm³/mol. The van der Waals surface area contributed by atoms with Gasteiger partial charge in [0, 0.05) is 13.1 Å². The third kappa shape index (κ3) is 4.61. The van der Waals surface area contributed by atoms with Gasteiger partial charge < -0.3 is 10.1 Å². The van der Waals surface area contributed by atoms with Crippen LogP contribution in [0.3, 0.4) is 0 Å². The molecule has 3 nitrogen and oxygen atoms in total. The number of hydrogen-bond donors (Lipinski definition) is 1. The number of carbonyl (C=O) groups is 1. The Kier molecular flexibility index (Phi) is 5.63. The highest BCUT2D eigenvalue weighted by atomic mass is 127. The SMILES string of the molecule is COC(=O)C(I)CNCc1ccccc1. The van der Waals surface area contributed by atoms with Gasteiger partial charge in [0.05, 0.1) is 7.11 Å². The minimum atomic E-state index is -0.184. The smallest absolute Gasteiger partial charge is 0.319 e. The highest BCUT2D eigenvalue weighted by Gasteiger charge is 2.13. The molecule has 15 heavy (non-hydrogen) atoms. The molecule has 1 rings (SSSR count). The maximum Gasteiger partial charge on any atom is 0.319 e. The van der Waals surface area contributed by atoms with Crippen LogP contribution in [-0.4, -0.2) is 23.5 Å². The van der Waals surface area contributed by atoms with Crippen molar-refractivity contribution in [1.29, 1.82) is 0 Å². The summed E-state index contributed by atoms with van der Waals surface area (Å²) in [5.74, 6) is -0.184. The summed E-state index contributed by atoms with van der Waals surface area (Å²) in [6.45, 7) is 1.40. The Hall–Kier alpha value is -0.620. The fraction of sp³-hybridized carbons (Fsp3) is 0.364. The standard InChI is InChI=1S/C11H14INO2/c1-15-11(14)10(12)8-13-7-9-5-3-2-4-6-9/h2-6,10,13H,7-8H2,1H3. The summed E-state index contributed by atoms with van der Waals surface area (Å²) >= 11 is 2.07. The van der Waals surface area contributed by atoms with E-state index in [4.69, 9.17) is 0 Å². The van der Waals surface area contributed by atoms with E-state index in [9.17, 15) is 4.79 Å². The van der Waals surface area contributed by atoms with E-state index in [1.165, 1.54) is 12.7 Å². The molecule has 0 saturated heterocycles. The first-order valence-electron chi connectivity index (χ1n) is 4.70. The van der Waals surface area contributed by atoms with Gasteiger partial charge in [-0.15, -0.1) is 0 Å². The first-order chi connectivity index (χ1) is 7.24. The molecule has 0 radical (unpaired) electrons. The van der Waals surface area contributed by atoms with Crippen LogP contribution in [0.2, 0.25) is 0 Å². The van der Waals surface area contributed by atoms with Gasteiger partial charge in [0.2, 0.25) is 0 Å². The molecule has 0 aromatic heterocycles. The van der Waals surface area contributed by atoms with Crippen molar-refractivity contribution in [2.45, 2.75) is 10.5 Å². The summed E-state index contributed by atoms with van der Waals surface area (Å²) in [6.07, 6.45) is 0. The fourth-order valence-corrected chi connectivity index (χ4v) is 1.72. The third-order valence-corrected chi connectivity index (χ3v) is 2.90. The van der Waals surface area contributed by atoms with Crippen LogP contribution < -0.4 is 5.32 Å². The largest absolute Gasteiger partial charge is 0.468 e. The van der Waals surface area contributed by atoms with Crippen LogP contribution in [0.5, 0.6) is 0 Å². The number of rotatable bonds is 5. The van der Waals surface area contributed by atoms with Crippen molar-refractivity contribution in [3.8, 4) is 0 Å². The van der Waals surface area contributed by atoms with Gasteiger partial charge in [-0.2, -0.15) is 0 Å². The average molecular weight is 319 g/mol. The van der Waals surface area contributed by atoms with E-state index in [1.807, 2.05) is 30.3 Å². The lowest BCUT2D eigenvalue weighted by Crippen LogP contribution is -2.29. The highest BCUT2D eigenvalue weighted by molar-refractivity contribution is 14.1. The summed E-state index contributed by atoms with van der Waals surface area (Å²) in [7, 11) is 1.41. The normalized spacial score (nSPS) is 12.1. The Balaban J connectivity index is 2.25. The summed E-state index contributed by atoms with van der Waals surface area (Å²) in [5.41, 5.74) is 1.21. The van der Waals surface area contributed by atoms with E-state index in [0.29, 0.717) is 6.54 Å². The molecule has 1 unspecified atom stereocenters. The first kappa shape index (κ1) is 12.4. The van der Waals surface area contributed by atoms with Crippen molar-refractivity contribution in [3.63, 3.8) is 0 Å². The molecule has 0 saturated carbocycles. The molecule has 0 fully saturated rings. The van der Waals surface area contributed by atoms with Crippen molar-refractivity contribution in [2.75, 3.05) is 13.7 Å². The molecule has 0 aliphatic heterocycles. The van der Waals surface area contributed by atoms with Gasteiger partial charge in [-0.3, -0.25) is 4.79 Å². The van der Waals surface area contributed by atoms with Crippen molar-refractivity contribution in [1.82, 2.24) is 5.32 Å². The first-order valence-corrected chi connectivity index (χ1v) is 5.95. The monoisotopic (exact) mass is 319 g/mol. The Morgan fingerprint density at radius 1 is 1.47 bits per heavy atom. The van der Waals surface area contributed by atoms with Gasteiger partial charge in [-0.1, -0.05) is 52.9 Å². The fourth-order valence-electron chi connectivity index (χ4n) is 1.15. The Labute approximate surface area is 103 Å². The van der Waals surface area contributed by atoms with Crippen LogP contribution in [-0.2, 0) is 16.1 Å². The van der Waals surface area contributed by atoms with Crippen LogP contribution in [0.4, 0.5) is 0 Å². The molecule has 0 heterocycles.